The van der Waals surface area contributed by atoms with Gasteiger partial charge in [0.05, 0.1) is 12.6 Å². The standard InChI is InChI=1S/C24H23NO3/c26-22(19-10-4-1-5-11-19)16-17-25(24(28)21-14-8-3-9-15-21)18-23(27)20-12-6-2-7-13-20/h1-15,23,27H,16-18H2. The van der Waals surface area contributed by atoms with Gasteiger partial charge < -0.3 is 10.0 Å². The number of amides is 1. The first-order valence-corrected chi connectivity index (χ1v) is 9.31. The summed E-state index contributed by atoms with van der Waals surface area (Å²) in [6.07, 6.45) is -0.620. The highest BCUT2D eigenvalue weighted by molar-refractivity contribution is 5.97. The van der Waals surface area contributed by atoms with E-state index in [0.717, 1.165) is 5.56 Å². The van der Waals surface area contributed by atoms with Crippen LogP contribution in [0.2, 0.25) is 0 Å². The van der Waals surface area contributed by atoms with E-state index in [-0.39, 0.29) is 31.2 Å². The first-order valence-electron chi connectivity index (χ1n) is 9.31. The summed E-state index contributed by atoms with van der Waals surface area (Å²) >= 11 is 0. The zero-order valence-corrected chi connectivity index (χ0v) is 15.6. The Morgan fingerprint density at radius 2 is 1.25 bits per heavy atom. The van der Waals surface area contributed by atoms with E-state index in [1.165, 1.54) is 0 Å². The maximum Gasteiger partial charge on any atom is 0.253 e. The topological polar surface area (TPSA) is 57.6 Å². The minimum Gasteiger partial charge on any atom is -0.387 e. The van der Waals surface area contributed by atoms with Crippen molar-refractivity contribution >= 4 is 11.7 Å². The molecule has 0 aliphatic rings. The highest BCUT2D eigenvalue weighted by Gasteiger charge is 2.21. The lowest BCUT2D eigenvalue weighted by molar-refractivity contribution is 0.0612. The first-order chi connectivity index (χ1) is 13.6. The Morgan fingerprint density at radius 3 is 1.82 bits per heavy atom. The molecule has 0 heterocycles. The predicted octanol–water partition coefficient (Wildman–Crippen LogP) is 4.14. The van der Waals surface area contributed by atoms with Crippen molar-refractivity contribution in [2.24, 2.45) is 0 Å². The molecule has 0 fully saturated rings. The molecule has 28 heavy (non-hydrogen) atoms. The van der Waals surface area contributed by atoms with Crippen LogP contribution in [-0.2, 0) is 0 Å². The Bertz CT molecular complexity index is 895. The van der Waals surface area contributed by atoms with Crippen molar-refractivity contribution in [3.63, 3.8) is 0 Å². The fourth-order valence-corrected chi connectivity index (χ4v) is 3.03. The molecule has 4 heteroatoms. The minimum atomic E-state index is -0.819. The van der Waals surface area contributed by atoms with Crippen LogP contribution in [0.3, 0.4) is 0 Å². The molecule has 3 rings (SSSR count). The van der Waals surface area contributed by atoms with Crippen LogP contribution in [0.15, 0.2) is 91.0 Å². The average molecular weight is 373 g/mol. The summed E-state index contributed by atoms with van der Waals surface area (Å²) in [4.78, 5) is 27.0. The van der Waals surface area contributed by atoms with Crippen molar-refractivity contribution < 1.29 is 14.7 Å². The summed E-state index contributed by atoms with van der Waals surface area (Å²) in [6, 6.07) is 27.2. The van der Waals surface area contributed by atoms with Crippen LogP contribution < -0.4 is 0 Å². The number of aliphatic hydroxyl groups is 1. The first kappa shape index (κ1) is 19.5. The molecule has 1 atom stereocenters. The minimum absolute atomic E-state index is 0.0272. The van der Waals surface area contributed by atoms with Gasteiger partial charge in [-0.05, 0) is 17.7 Å². The Hall–Kier alpha value is -3.24. The van der Waals surface area contributed by atoms with E-state index in [0.29, 0.717) is 11.1 Å². The molecule has 0 saturated carbocycles. The third kappa shape index (κ3) is 5.15. The Balaban J connectivity index is 1.74. The number of hydrogen-bond donors (Lipinski definition) is 1. The molecule has 0 spiro atoms. The van der Waals surface area contributed by atoms with Gasteiger partial charge in [0.1, 0.15) is 0 Å². The monoisotopic (exact) mass is 373 g/mol. The van der Waals surface area contributed by atoms with Gasteiger partial charge in [-0.1, -0.05) is 78.9 Å². The Kier molecular flexibility index (Phi) is 6.71. The molecular formula is C24H23NO3. The van der Waals surface area contributed by atoms with Crippen LogP contribution in [0.5, 0.6) is 0 Å². The maximum atomic E-state index is 13.0. The number of carbonyl (C=O) groups is 2. The number of benzene rings is 3. The van der Waals surface area contributed by atoms with E-state index in [2.05, 4.69) is 0 Å². The number of aliphatic hydroxyl groups excluding tert-OH is 1. The molecule has 0 aliphatic heterocycles. The quantitative estimate of drug-likeness (QED) is 0.604. The normalized spacial score (nSPS) is 11.6. The lowest BCUT2D eigenvalue weighted by Crippen LogP contribution is -2.36. The molecule has 0 radical (unpaired) electrons. The largest absolute Gasteiger partial charge is 0.387 e. The van der Waals surface area contributed by atoms with Crippen LogP contribution >= 0.6 is 0 Å². The Morgan fingerprint density at radius 1 is 0.750 bits per heavy atom. The van der Waals surface area contributed by atoms with Gasteiger partial charge in [-0.3, -0.25) is 9.59 Å². The van der Waals surface area contributed by atoms with Gasteiger partial charge in [-0.25, -0.2) is 0 Å². The van der Waals surface area contributed by atoms with Crippen molar-refractivity contribution in [3.8, 4) is 0 Å². The van der Waals surface area contributed by atoms with Gasteiger partial charge >= 0.3 is 0 Å². The van der Waals surface area contributed by atoms with Crippen LogP contribution in [0.4, 0.5) is 0 Å². The molecule has 0 bridgehead atoms. The third-order valence-electron chi connectivity index (χ3n) is 4.59. The van der Waals surface area contributed by atoms with Crippen molar-refractivity contribution in [3.05, 3.63) is 108 Å². The molecular weight excluding hydrogens is 350 g/mol. The van der Waals surface area contributed by atoms with Crippen molar-refractivity contribution in [1.29, 1.82) is 0 Å². The number of rotatable bonds is 8. The molecule has 0 saturated heterocycles. The third-order valence-corrected chi connectivity index (χ3v) is 4.59. The predicted molar refractivity (Wildman–Crippen MR) is 109 cm³/mol. The van der Waals surface area contributed by atoms with Crippen LogP contribution in [0, 0.1) is 0 Å². The van der Waals surface area contributed by atoms with Crippen molar-refractivity contribution in [2.45, 2.75) is 12.5 Å². The smallest absolute Gasteiger partial charge is 0.253 e. The number of carbonyl (C=O) groups excluding carboxylic acids is 2. The summed E-state index contributed by atoms with van der Waals surface area (Å²) < 4.78 is 0. The molecule has 142 valence electrons. The second-order valence-corrected chi connectivity index (χ2v) is 6.58. The van der Waals surface area contributed by atoms with Crippen molar-refractivity contribution in [2.75, 3.05) is 13.1 Å². The van der Waals surface area contributed by atoms with Crippen LogP contribution in [0.1, 0.15) is 38.8 Å². The summed E-state index contributed by atoms with van der Waals surface area (Å²) in [5.41, 5.74) is 1.90. The lowest BCUT2D eigenvalue weighted by atomic mass is 10.1. The van der Waals surface area contributed by atoms with Crippen molar-refractivity contribution in [1.82, 2.24) is 4.90 Å². The molecule has 1 unspecified atom stereocenters. The highest BCUT2D eigenvalue weighted by Crippen LogP contribution is 2.16. The second-order valence-electron chi connectivity index (χ2n) is 6.58. The second kappa shape index (κ2) is 9.62. The molecule has 3 aromatic rings. The van der Waals surface area contributed by atoms with Gasteiger partial charge in [0.15, 0.2) is 5.78 Å². The zero-order valence-electron chi connectivity index (χ0n) is 15.6. The van der Waals surface area contributed by atoms with Gasteiger partial charge in [0.25, 0.3) is 5.91 Å². The number of ketones is 1. The molecule has 0 aliphatic carbocycles. The molecule has 1 N–H and O–H groups in total. The fourth-order valence-electron chi connectivity index (χ4n) is 3.03. The van der Waals surface area contributed by atoms with E-state index in [4.69, 9.17) is 0 Å². The maximum absolute atomic E-state index is 13.0. The number of hydrogen-bond acceptors (Lipinski definition) is 3. The van der Waals surface area contributed by atoms with Gasteiger partial charge in [0.2, 0.25) is 0 Å². The summed E-state index contributed by atoms with van der Waals surface area (Å²) in [6.45, 7) is 0.366. The SMILES string of the molecule is O=C(CCN(CC(O)c1ccccc1)C(=O)c1ccccc1)c1ccccc1. The van der Waals surface area contributed by atoms with Gasteiger partial charge in [-0.15, -0.1) is 0 Å². The van der Waals surface area contributed by atoms with Gasteiger partial charge in [-0.2, -0.15) is 0 Å². The van der Waals surface area contributed by atoms with E-state index < -0.39 is 6.10 Å². The van der Waals surface area contributed by atoms with E-state index in [1.54, 1.807) is 41.3 Å². The lowest BCUT2D eigenvalue weighted by Gasteiger charge is -2.25. The zero-order chi connectivity index (χ0) is 19.8. The molecule has 3 aromatic carbocycles. The fraction of sp³-hybridized carbons (Fsp3) is 0.167. The summed E-state index contributed by atoms with van der Waals surface area (Å²) in [5.74, 6) is -0.225. The van der Waals surface area contributed by atoms with Gasteiger partial charge in [0, 0.05) is 24.1 Å². The molecule has 4 nitrogen and oxygen atoms in total. The molecule has 0 aromatic heterocycles. The number of nitrogens with zero attached hydrogens (tertiary/aromatic N) is 1. The average Bonchev–Trinajstić information content (AvgIpc) is 2.77. The summed E-state index contributed by atoms with van der Waals surface area (Å²) in [5, 5.41) is 10.6. The van der Waals surface area contributed by atoms with E-state index in [1.807, 2.05) is 54.6 Å². The summed E-state index contributed by atoms with van der Waals surface area (Å²) in [7, 11) is 0. The number of Topliss-reactive ketones (excluding diaryl/α,β-unsaturated/α-hetero) is 1. The molecule has 1 amide bonds. The van der Waals surface area contributed by atoms with E-state index in [9.17, 15) is 14.7 Å². The van der Waals surface area contributed by atoms with Crippen LogP contribution in [0.25, 0.3) is 0 Å². The highest BCUT2D eigenvalue weighted by atomic mass is 16.3. The van der Waals surface area contributed by atoms with Crippen LogP contribution in [-0.4, -0.2) is 34.8 Å². The van der Waals surface area contributed by atoms with E-state index >= 15 is 0 Å². The Labute approximate surface area is 165 Å².